The van der Waals surface area contributed by atoms with Gasteiger partial charge < -0.3 is 10.6 Å². The molecule has 124 valence electrons. The number of benzene rings is 1. The fourth-order valence-electron chi connectivity index (χ4n) is 3.23. The fourth-order valence-corrected chi connectivity index (χ4v) is 3.23. The fraction of sp³-hybridized carbons (Fsp3) is 0.500. The van der Waals surface area contributed by atoms with Crippen LogP contribution in [0.4, 0.5) is 0 Å². The molecule has 0 bridgehead atoms. The summed E-state index contributed by atoms with van der Waals surface area (Å²) in [7, 11) is 0. The third-order valence-electron chi connectivity index (χ3n) is 4.66. The van der Waals surface area contributed by atoms with E-state index < -0.39 is 11.8 Å². The largest absolute Gasteiger partial charge is 0.341 e. The molecule has 0 radical (unpaired) electrons. The van der Waals surface area contributed by atoms with Crippen LogP contribution in [0, 0.1) is 25.7 Å². The highest BCUT2D eigenvalue weighted by Crippen LogP contribution is 2.27. The maximum absolute atomic E-state index is 12.7. The molecule has 0 spiro atoms. The zero-order chi connectivity index (χ0) is 17.1. The quantitative estimate of drug-likeness (QED) is 0.880. The summed E-state index contributed by atoms with van der Waals surface area (Å²) >= 11 is 0. The Hall–Kier alpha value is -2.01. The summed E-state index contributed by atoms with van der Waals surface area (Å²) in [5, 5.41) is 0. The number of nitrogens with zero attached hydrogens (tertiary/aromatic N) is 1. The van der Waals surface area contributed by atoms with E-state index >= 15 is 0 Å². The summed E-state index contributed by atoms with van der Waals surface area (Å²) in [5.41, 5.74) is 8.66. The van der Waals surface area contributed by atoms with Gasteiger partial charge in [0, 0.05) is 38.3 Å². The van der Waals surface area contributed by atoms with Gasteiger partial charge in [0.15, 0.2) is 5.78 Å². The lowest BCUT2D eigenvalue weighted by Gasteiger charge is -2.16. The maximum atomic E-state index is 12.7. The smallest absolute Gasteiger partial charge is 0.219 e. The molecule has 1 aliphatic rings. The first-order valence-electron chi connectivity index (χ1n) is 7.90. The molecule has 1 heterocycles. The third kappa shape index (κ3) is 3.85. The average molecular weight is 316 g/mol. The molecule has 2 atom stereocenters. The van der Waals surface area contributed by atoms with E-state index in [-0.39, 0.29) is 30.4 Å². The van der Waals surface area contributed by atoms with Crippen molar-refractivity contribution >= 4 is 17.5 Å². The Labute approximate surface area is 136 Å². The van der Waals surface area contributed by atoms with Crippen LogP contribution in [0.5, 0.6) is 0 Å². The minimum Gasteiger partial charge on any atom is -0.341 e. The highest BCUT2D eigenvalue weighted by Gasteiger charge is 2.41. The zero-order valence-corrected chi connectivity index (χ0v) is 14.0. The van der Waals surface area contributed by atoms with Gasteiger partial charge in [0.05, 0.1) is 6.54 Å². The van der Waals surface area contributed by atoms with Crippen molar-refractivity contribution in [2.75, 3.05) is 19.6 Å². The number of hydrogen-bond acceptors (Lipinski definition) is 4. The first-order chi connectivity index (χ1) is 10.8. The minimum atomic E-state index is -0.470. The van der Waals surface area contributed by atoms with Gasteiger partial charge in [-0.25, -0.2) is 0 Å². The first kappa shape index (κ1) is 17.3. The molecule has 5 heteroatoms. The predicted molar refractivity (Wildman–Crippen MR) is 87.9 cm³/mol. The number of hydrogen-bond donors (Lipinski definition) is 1. The second-order valence-electron chi connectivity index (χ2n) is 6.38. The monoisotopic (exact) mass is 316 g/mol. The van der Waals surface area contributed by atoms with E-state index in [2.05, 4.69) is 0 Å². The Morgan fingerprint density at radius 2 is 1.74 bits per heavy atom. The Balaban J connectivity index is 2.18. The lowest BCUT2D eigenvalue weighted by atomic mass is 9.85. The predicted octanol–water partition coefficient (Wildman–Crippen LogP) is 1.04. The Morgan fingerprint density at radius 3 is 2.26 bits per heavy atom. The molecule has 1 saturated heterocycles. The number of Topliss-reactive ketones (excluding diaryl/α,β-unsaturated/α-hetero) is 2. The van der Waals surface area contributed by atoms with Crippen molar-refractivity contribution in [2.45, 2.75) is 27.2 Å². The van der Waals surface area contributed by atoms with Gasteiger partial charge in [-0.3, -0.25) is 14.4 Å². The van der Waals surface area contributed by atoms with Gasteiger partial charge in [-0.05, 0) is 25.0 Å². The second kappa shape index (κ2) is 7.04. The van der Waals surface area contributed by atoms with Gasteiger partial charge in [0.25, 0.3) is 0 Å². The van der Waals surface area contributed by atoms with Crippen molar-refractivity contribution < 1.29 is 14.4 Å². The molecule has 1 aromatic rings. The van der Waals surface area contributed by atoms with Gasteiger partial charge in [0.2, 0.25) is 5.91 Å². The van der Waals surface area contributed by atoms with E-state index in [1.54, 1.807) is 4.90 Å². The molecule has 0 aliphatic carbocycles. The number of ketones is 2. The van der Waals surface area contributed by atoms with E-state index in [1.165, 1.54) is 6.92 Å². The van der Waals surface area contributed by atoms with Crippen molar-refractivity contribution in [1.29, 1.82) is 0 Å². The van der Waals surface area contributed by atoms with Crippen molar-refractivity contribution in [3.05, 3.63) is 34.9 Å². The molecule has 1 fully saturated rings. The van der Waals surface area contributed by atoms with Crippen LogP contribution in [0.15, 0.2) is 18.2 Å². The molecule has 5 nitrogen and oxygen atoms in total. The number of nitrogens with two attached hydrogens (primary N) is 1. The Kier molecular flexibility index (Phi) is 5.31. The lowest BCUT2D eigenvalue weighted by Crippen LogP contribution is -2.33. The summed E-state index contributed by atoms with van der Waals surface area (Å²) in [6.45, 7) is 5.97. The lowest BCUT2D eigenvalue weighted by molar-refractivity contribution is -0.129. The van der Waals surface area contributed by atoms with Crippen molar-refractivity contribution in [3.63, 3.8) is 0 Å². The molecule has 1 amide bonds. The van der Waals surface area contributed by atoms with Gasteiger partial charge in [0.1, 0.15) is 5.78 Å². The number of likely N-dealkylation sites (tertiary alicyclic amines) is 1. The van der Waals surface area contributed by atoms with Crippen LogP contribution in [0.3, 0.4) is 0 Å². The van der Waals surface area contributed by atoms with E-state index in [1.807, 2.05) is 32.0 Å². The second-order valence-corrected chi connectivity index (χ2v) is 6.38. The van der Waals surface area contributed by atoms with Crippen LogP contribution >= 0.6 is 0 Å². The van der Waals surface area contributed by atoms with E-state index in [9.17, 15) is 14.4 Å². The zero-order valence-electron chi connectivity index (χ0n) is 14.0. The molecule has 0 saturated carbocycles. The van der Waals surface area contributed by atoms with Crippen LogP contribution in [0.2, 0.25) is 0 Å². The van der Waals surface area contributed by atoms with Gasteiger partial charge in [-0.1, -0.05) is 23.8 Å². The van der Waals surface area contributed by atoms with Crippen LogP contribution in [0.1, 0.15) is 23.6 Å². The van der Waals surface area contributed by atoms with Crippen molar-refractivity contribution in [3.8, 4) is 0 Å². The number of aryl methyl sites for hydroxylation is 2. The highest BCUT2D eigenvalue weighted by atomic mass is 16.2. The maximum Gasteiger partial charge on any atom is 0.219 e. The van der Waals surface area contributed by atoms with E-state index in [4.69, 9.17) is 5.73 Å². The van der Waals surface area contributed by atoms with Crippen molar-refractivity contribution in [1.82, 2.24) is 4.90 Å². The summed E-state index contributed by atoms with van der Waals surface area (Å²) in [6, 6.07) is 5.98. The van der Waals surface area contributed by atoms with E-state index in [0.717, 1.165) is 16.7 Å². The molecule has 1 aromatic carbocycles. The number of amides is 1. The molecule has 2 N–H and O–H groups in total. The number of carbonyl (C=O) groups excluding carboxylic acids is 3. The highest BCUT2D eigenvalue weighted by molar-refractivity contribution is 5.93. The Morgan fingerprint density at radius 1 is 1.13 bits per heavy atom. The van der Waals surface area contributed by atoms with Crippen LogP contribution < -0.4 is 5.73 Å². The SMILES string of the molecule is CC(=O)N1C[C@H](C(=O)CN)[C@@H](C(=O)Cc2ccc(C)cc2C)C1. The molecular weight excluding hydrogens is 292 g/mol. The van der Waals surface area contributed by atoms with Crippen LogP contribution in [-0.2, 0) is 20.8 Å². The molecule has 0 aromatic heterocycles. The van der Waals surface area contributed by atoms with Crippen LogP contribution in [0.25, 0.3) is 0 Å². The summed E-state index contributed by atoms with van der Waals surface area (Å²) in [5.74, 6) is -1.17. The standard InChI is InChI=1S/C18H24N2O3/c1-11-4-5-14(12(2)6-11)7-17(22)15-9-20(13(3)21)10-16(15)18(23)8-19/h4-6,15-16H,7-10,19H2,1-3H3/t15-,16-/m0/s1. The first-order valence-corrected chi connectivity index (χ1v) is 7.90. The summed E-state index contributed by atoms with van der Waals surface area (Å²) < 4.78 is 0. The molecule has 0 unspecified atom stereocenters. The molecule has 23 heavy (non-hydrogen) atoms. The average Bonchev–Trinajstić information content (AvgIpc) is 2.94. The Bertz CT molecular complexity index is 639. The van der Waals surface area contributed by atoms with E-state index in [0.29, 0.717) is 13.1 Å². The van der Waals surface area contributed by atoms with Gasteiger partial charge in [-0.2, -0.15) is 0 Å². The summed E-state index contributed by atoms with van der Waals surface area (Å²) in [4.78, 5) is 37.9. The topological polar surface area (TPSA) is 80.5 Å². The minimum absolute atomic E-state index is 0.00695. The number of rotatable bonds is 5. The molecule has 2 rings (SSSR count). The van der Waals surface area contributed by atoms with Crippen LogP contribution in [-0.4, -0.2) is 42.0 Å². The van der Waals surface area contributed by atoms with Gasteiger partial charge >= 0.3 is 0 Å². The van der Waals surface area contributed by atoms with Crippen molar-refractivity contribution in [2.24, 2.45) is 17.6 Å². The number of carbonyl (C=O) groups is 3. The molecular formula is C18H24N2O3. The third-order valence-corrected chi connectivity index (χ3v) is 4.66. The normalized spacial score (nSPS) is 20.6. The van der Waals surface area contributed by atoms with Gasteiger partial charge in [-0.15, -0.1) is 0 Å². The molecule has 1 aliphatic heterocycles. The summed E-state index contributed by atoms with van der Waals surface area (Å²) in [6.07, 6.45) is 0.289.